The van der Waals surface area contributed by atoms with Crippen LogP contribution in [0.5, 0.6) is 5.75 Å². The van der Waals surface area contributed by atoms with Crippen molar-refractivity contribution in [1.29, 1.82) is 0 Å². The molecule has 3 amide bonds. The van der Waals surface area contributed by atoms with Crippen LogP contribution in [0.25, 0.3) is 0 Å². The van der Waals surface area contributed by atoms with E-state index in [1.165, 1.54) is 31.4 Å². The number of amides is 3. The van der Waals surface area contributed by atoms with E-state index in [1.54, 1.807) is 29.0 Å². The number of nitrogens with one attached hydrogen (secondary N) is 1. The summed E-state index contributed by atoms with van der Waals surface area (Å²) in [6.45, 7) is 0.682. The zero-order chi connectivity index (χ0) is 26.3. The molecule has 0 aromatic heterocycles. The first-order chi connectivity index (χ1) is 18.4. The van der Waals surface area contributed by atoms with Crippen molar-refractivity contribution in [3.8, 4) is 5.75 Å². The monoisotopic (exact) mass is 517 g/mol. The lowest BCUT2D eigenvalue weighted by Gasteiger charge is -2.57. The van der Waals surface area contributed by atoms with Crippen molar-refractivity contribution in [2.24, 2.45) is 17.8 Å². The van der Waals surface area contributed by atoms with Gasteiger partial charge in [0.05, 0.1) is 13.2 Å². The maximum absolute atomic E-state index is 13.8. The lowest BCUT2D eigenvalue weighted by Crippen LogP contribution is -2.62. The molecule has 38 heavy (non-hydrogen) atoms. The zero-order valence-electron chi connectivity index (χ0n) is 21.9. The number of carbonyl (C=O) groups is 2. The van der Waals surface area contributed by atoms with E-state index in [2.05, 4.69) is 5.32 Å². The Labute approximate surface area is 223 Å². The summed E-state index contributed by atoms with van der Waals surface area (Å²) in [5, 5.41) is 3.42. The van der Waals surface area contributed by atoms with E-state index in [0.29, 0.717) is 13.1 Å². The highest BCUT2D eigenvalue weighted by Crippen LogP contribution is 2.55. The van der Waals surface area contributed by atoms with E-state index in [1.807, 2.05) is 36.4 Å². The standard InChI is InChI=1S/C31H36FN3O3/c1-38-27-10-6-25(7-11-27)28-3-2-12-34(20-29(36)35(28)19-21-4-8-26(32)9-5-21)30(37)33-31-16-22-13-23(17-31)15-24(14-22)18-31/h2-11,22-24,28H,12-20H2,1H3,(H,33,37)/b3-2-. The number of hydrogen-bond donors (Lipinski definition) is 1. The van der Waals surface area contributed by atoms with Crippen molar-refractivity contribution in [1.82, 2.24) is 15.1 Å². The average molecular weight is 518 g/mol. The third kappa shape index (κ3) is 5.03. The van der Waals surface area contributed by atoms with Gasteiger partial charge in [-0.3, -0.25) is 4.79 Å². The summed E-state index contributed by atoms with van der Waals surface area (Å²) in [5.74, 6) is 2.48. The summed E-state index contributed by atoms with van der Waals surface area (Å²) in [7, 11) is 1.62. The van der Waals surface area contributed by atoms with E-state index in [9.17, 15) is 14.0 Å². The summed E-state index contributed by atoms with van der Waals surface area (Å²) in [4.78, 5) is 30.8. The van der Waals surface area contributed by atoms with Crippen molar-refractivity contribution >= 4 is 11.9 Å². The average Bonchev–Trinajstić information content (AvgIpc) is 2.88. The van der Waals surface area contributed by atoms with Gasteiger partial charge in [0, 0.05) is 18.6 Å². The molecule has 4 fully saturated rings. The highest BCUT2D eigenvalue weighted by molar-refractivity contribution is 5.85. The minimum atomic E-state index is -0.313. The van der Waals surface area contributed by atoms with Gasteiger partial charge in [-0.15, -0.1) is 0 Å². The second-order valence-electron chi connectivity index (χ2n) is 11.8. The van der Waals surface area contributed by atoms with Crippen LogP contribution in [-0.4, -0.2) is 47.5 Å². The molecular formula is C31H36FN3O3. The first kappa shape index (κ1) is 25.0. The molecule has 5 aliphatic rings. The molecule has 2 aromatic carbocycles. The Hall–Kier alpha value is -3.35. The molecule has 1 aliphatic heterocycles. The quantitative estimate of drug-likeness (QED) is 0.536. The van der Waals surface area contributed by atoms with Crippen molar-refractivity contribution in [2.45, 2.75) is 56.7 Å². The minimum absolute atomic E-state index is 0.00358. The molecule has 1 heterocycles. The van der Waals surface area contributed by atoms with E-state index >= 15 is 0 Å². The highest BCUT2D eigenvalue weighted by Gasteiger charge is 2.52. The summed E-state index contributed by atoms with van der Waals surface area (Å²) < 4.78 is 18.9. The number of rotatable bonds is 5. The van der Waals surface area contributed by atoms with Gasteiger partial charge in [-0.05, 0) is 91.7 Å². The first-order valence-electron chi connectivity index (χ1n) is 13.8. The summed E-state index contributed by atoms with van der Waals surface area (Å²) in [5.41, 5.74) is 1.67. The molecule has 1 N–H and O–H groups in total. The normalized spacial score (nSPS) is 31.1. The summed E-state index contributed by atoms with van der Waals surface area (Å²) >= 11 is 0. The predicted octanol–water partition coefficient (Wildman–Crippen LogP) is 5.45. The van der Waals surface area contributed by atoms with Crippen LogP contribution >= 0.6 is 0 Å². The van der Waals surface area contributed by atoms with Gasteiger partial charge < -0.3 is 19.9 Å². The molecule has 0 saturated heterocycles. The third-order valence-electron chi connectivity index (χ3n) is 9.05. The van der Waals surface area contributed by atoms with Crippen molar-refractivity contribution in [3.63, 3.8) is 0 Å². The lowest BCUT2D eigenvalue weighted by atomic mass is 9.53. The molecule has 1 atom stereocenters. The van der Waals surface area contributed by atoms with Gasteiger partial charge in [0.2, 0.25) is 5.91 Å². The number of methoxy groups -OCH3 is 1. The van der Waals surface area contributed by atoms with E-state index in [4.69, 9.17) is 4.74 Å². The van der Waals surface area contributed by atoms with Crippen LogP contribution < -0.4 is 10.1 Å². The number of hydrogen-bond acceptors (Lipinski definition) is 3. The fourth-order valence-electron chi connectivity index (χ4n) is 7.68. The Morgan fingerprint density at radius 3 is 2.24 bits per heavy atom. The second kappa shape index (κ2) is 10.1. The van der Waals surface area contributed by atoms with Crippen LogP contribution in [0.15, 0.2) is 60.7 Å². The Morgan fingerprint density at radius 1 is 1.00 bits per heavy atom. The maximum Gasteiger partial charge on any atom is 0.318 e. The second-order valence-corrected chi connectivity index (χ2v) is 11.8. The topological polar surface area (TPSA) is 61.9 Å². The number of urea groups is 1. The SMILES string of the molecule is COc1ccc(C2/C=C\CN(C(=O)NC34CC5CC(CC(C5)C3)C4)CC(=O)N2Cc2ccc(F)cc2)cc1. The van der Waals surface area contributed by atoms with E-state index < -0.39 is 0 Å². The maximum atomic E-state index is 13.8. The smallest absolute Gasteiger partial charge is 0.318 e. The molecule has 4 aliphatic carbocycles. The number of carbonyl (C=O) groups excluding carboxylic acids is 2. The first-order valence-corrected chi connectivity index (χ1v) is 13.8. The van der Waals surface area contributed by atoms with Crippen LogP contribution in [0.4, 0.5) is 9.18 Å². The van der Waals surface area contributed by atoms with Crippen LogP contribution in [0.1, 0.15) is 55.7 Å². The molecule has 4 saturated carbocycles. The van der Waals surface area contributed by atoms with Gasteiger partial charge >= 0.3 is 6.03 Å². The van der Waals surface area contributed by atoms with Gasteiger partial charge in [0.25, 0.3) is 0 Å². The molecule has 200 valence electrons. The Balaban J connectivity index is 1.24. The van der Waals surface area contributed by atoms with Crippen molar-refractivity contribution < 1.29 is 18.7 Å². The van der Waals surface area contributed by atoms with E-state index in [0.717, 1.165) is 53.9 Å². The van der Waals surface area contributed by atoms with E-state index in [-0.39, 0.29) is 35.9 Å². The zero-order valence-corrected chi connectivity index (χ0v) is 21.9. The number of nitrogens with zero attached hydrogens (tertiary/aromatic N) is 2. The number of benzene rings is 2. The van der Waals surface area contributed by atoms with Gasteiger partial charge in [-0.25, -0.2) is 9.18 Å². The van der Waals surface area contributed by atoms with Crippen LogP contribution in [0.3, 0.4) is 0 Å². The number of halogens is 1. The van der Waals surface area contributed by atoms with Crippen molar-refractivity contribution in [3.05, 3.63) is 77.6 Å². The Bertz CT molecular complexity index is 1170. The van der Waals surface area contributed by atoms with Crippen LogP contribution in [0.2, 0.25) is 0 Å². The fraction of sp³-hybridized carbons (Fsp3) is 0.484. The Kier molecular flexibility index (Phi) is 6.62. The largest absolute Gasteiger partial charge is 0.497 e. The molecular weight excluding hydrogens is 481 g/mol. The molecule has 6 nitrogen and oxygen atoms in total. The van der Waals surface area contributed by atoms with Crippen LogP contribution in [-0.2, 0) is 11.3 Å². The summed E-state index contributed by atoms with van der Waals surface area (Å²) in [6.07, 6.45) is 11.1. The molecule has 0 spiro atoms. The third-order valence-corrected chi connectivity index (χ3v) is 9.05. The fourth-order valence-corrected chi connectivity index (χ4v) is 7.68. The molecule has 4 bridgehead atoms. The lowest BCUT2D eigenvalue weighted by molar-refractivity contribution is -0.134. The minimum Gasteiger partial charge on any atom is -0.497 e. The van der Waals surface area contributed by atoms with Gasteiger partial charge in [0.15, 0.2) is 0 Å². The van der Waals surface area contributed by atoms with Crippen LogP contribution in [0, 0.1) is 23.6 Å². The van der Waals surface area contributed by atoms with Crippen molar-refractivity contribution in [2.75, 3.05) is 20.2 Å². The molecule has 2 aromatic rings. The molecule has 7 heteroatoms. The predicted molar refractivity (Wildman–Crippen MR) is 143 cm³/mol. The highest BCUT2D eigenvalue weighted by atomic mass is 19.1. The Morgan fingerprint density at radius 2 is 1.63 bits per heavy atom. The number of ether oxygens (including phenoxy) is 1. The summed E-state index contributed by atoms with van der Waals surface area (Å²) in [6, 6.07) is 13.4. The van der Waals surface area contributed by atoms with Gasteiger partial charge in [-0.2, -0.15) is 0 Å². The molecule has 7 rings (SSSR count). The van der Waals surface area contributed by atoms with Gasteiger partial charge in [0.1, 0.15) is 18.1 Å². The van der Waals surface area contributed by atoms with Gasteiger partial charge in [-0.1, -0.05) is 36.4 Å². The molecule has 0 radical (unpaired) electrons. The molecule has 1 unspecified atom stereocenters.